The summed E-state index contributed by atoms with van der Waals surface area (Å²) in [6, 6.07) is 72.5. The molecule has 2 unspecified atom stereocenters. The van der Waals surface area contributed by atoms with Gasteiger partial charge in [0.1, 0.15) is 0 Å². The van der Waals surface area contributed by atoms with Gasteiger partial charge in [-0.25, -0.2) is 9.97 Å². The Kier molecular flexibility index (Phi) is 8.35. The summed E-state index contributed by atoms with van der Waals surface area (Å²) >= 11 is 0. The Morgan fingerprint density at radius 2 is 1.11 bits per heavy atom. The van der Waals surface area contributed by atoms with E-state index in [9.17, 15) is 0 Å². The number of fused-ring (bicyclic) bond motifs is 9. The smallest absolute Gasteiger partial charge is 0.160 e. The van der Waals surface area contributed by atoms with Gasteiger partial charge in [-0.15, -0.1) is 0 Å². The van der Waals surface area contributed by atoms with Gasteiger partial charge in [-0.3, -0.25) is 0 Å². The van der Waals surface area contributed by atoms with Crippen LogP contribution in [-0.2, 0) is 5.41 Å². The quantitative estimate of drug-likeness (QED) is 0.167. The summed E-state index contributed by atoms with van der Waals surface area (Å²) in [5.74, 6) is 0.939. The van der Waals surface area contributed by atoms with E-state index in [0.29, 0.717) is 0 Å². The minimum Gasteiger partial charge on any atom is -0.333 e. The van der Waals surface area contributed by atoms with Gasteiger partial charge >= 0.3 is 0 Å². The van der Waals surface area contributed by atoms with Gasteiger partial charge in [0.25, 0.3) is 0 Å². The summed E-state index contributed by atoms with van der Waals surface area (Å²) in [6.45, 7) is 4.75. The first kappa shape index (κ1) is 37.5. The molecule has 10 aromatic rings. The summed E-state index contributed by atoms with van der Waals surface area (Å²) < 4.78 is 2.39. The van der Waals surface area contributed by atoms with Crippen LogP contribution in [0.3, 0.4) is 0 Å². The van der Waals surface area contributed by atoms with Crippen molar-refractivity contribution >= 4 is 38.8 Å². The standard InChI is InChI=1S/C61H44N4/c1-61(2)52-36-43(55-38-54(39-16-6-3-7-17-39)62-60(63-55)40-18-8-4-9-19-40)26-30-46(52)47-31-29-45(37-53(47)61)65-57-25-15-13-23-49(57)51-35-42(28-33-59(51)65)41-27-32-58-50(34-41)48-22-12-14-24-56(48)64(58)44-20-10-5-11-21-44/h3-38,51,59H,1-2H3. The summed E-state index contributed by atoms with van der Waals surface area (Å²) in [4.78, 5) is 12.8. The zero-order chi connectivity index (χ0) is 43.2. The largest absolute Gasteiger partial charge is 0.333 e. The second-order valence-electron chi connectivity index (χ2n) is 18.2. The number of rotatable bonds is 6. The minimum absolute atomic E-state index is 0.159. The van der Waals surface area contributed by atoms with Gasteiger partial charge in [0.15, 0.2) is 5.82 Å². The van der Waals surface area contributed by atoms with E-state index in [1.807, 2.05) is 24.3 Å². The lowest BCUT2D eigenvalue weighted by Gasteiger charge is -2.31. The highest BCUT2D eigenvalue weighted by molar-refractivity contribution is 6.10. The molecule has 4 nitrogen and oxygen atoms in total. The van der Waals surface area contributed by atoms with Crippen molar-refractivity contribution < 1.29 is 0 Å². The number of hydrogen-bond donors (Lipinski definition) is 0. The molecule has 0 spiro atoms. The average molecular weight is 833 g/mol. The molecule has 4 heteroatoms. The molecular formula is C61H44N4. The SMILES string of the molecule is CC1(C)c2cc(-c3cc(-c4ccccc4)nc(-c4ccccc4)n3)ccc2-c2ccc(N3c4ccccc4C4C=C(c5ccc6c(c5)c5ccccc5n6-c5ccccc5)C=CC43)cc21. The lowest BCUT2D eigenvalue weighted by atomic mass is 9.81. The van der Waals surface area contributed by atoms with Crippen LogP contribution in [0.5, 0.6) is 0 Å². The summed E-state index contributed by atoms with van der Waals surface area (Å²) in [5.41, 5.74) is 20.0. The van der Waals surface area contributed by atoms with Gasteiger partial charge in [-0.2, -0.15) is 0 Å². The Morgan fingerprint density at radius 3 is 1.91 bits per heavy atom. The van der Waals surface area contributed by atoms with E-state index in [4.69, 9.17) is 9.97 Å². The van der Waals surface area contributed by atoms with Gasteiger partial charge in [0.05, 0.1) is 28.5 Å². The molecule has 0 bridgehead atoms. The normalized spacial score (nSPS) is 16.6. The van der Waals surface area contributed by atoms with Gasteiger partial charge < -0.3 is 9.47 Å². The number of anilines is 2. The molecule has 0 saturated heterocycles. The van der Waals surface area contributed by atoms with Crippen LogP contribution in [0.1, 0.15) is 42.0 Å². The Morgan fingerprint density at radius 1 is 0.477 bits per heavy atom. The minimum atomic E-state index is -0.232. The average Bonchev–Trinajstić information content (AvgIpc) is 3.96. The van der Waals surface area contributed by atoms with E-state index >= 15 is 0 Å². The van der Waals surface area contributed by atoms with Crippen LogP contribution in [-0.4, -0.2) is 20.6 Å². The first-order valence-corrected chi connectivity index (χ1v) is 22.6. The Balaban J connectivity index is 0.852. The number of hydrogen-bond acceptors (Lipinski definition) is 3. The van der Waals surface area contributed by atoms with Crippen molar-refractivity contribution in [3.63, 3.8) is 0 Å². The molecule has 2 aromatic heterocycles. The van der Waals surface area contributed by atoms with Gasteiger partial charge in [-0.1, -0.05) is 172 Å². The molecule has 3 heterocycles. The molecule has 0 N–H and O–H groups in total. The molecular weight excluding hydrogens is 789 g/mol. The molecule has 2 aliphatic carbocycles. The molecule has 3 aliphatic rings. The summed E-state index contributed by atoms with van der Waals surface area (Å²) in [6.07, 6.45) is 7.30. The van der Waals surface area contributed by atoms with Crippen LogP contribution in [0.25, 0.3) is 78.1 Å². The summed E-state index contributed by atoms with van der Waals surface area (Å²) in [5, 5.41) is 2.54. The van der Waals surface area contributed by atoms with Crippen molar-refractivity contribution in [3.05, 3.63) is 241 Å². The third-order valence-electron chi connectivity index (χ3n) is 14.1. The fraction of sp³-hybridized carbons (Fsp3) is 0.0820. The fourth-order valence-electron chi connectivity index (χ4n) is 11.0. The van der Waals surface area contributed by atoms with Gasteiger partial charge in [-0.05, 0) is 99.6 Å². The molecule has 8 aromatic carbocycles. The highest BCUT2D eigenvalue weighted by atomic mass is 15.2. The number of nitrogens with zero attached hydrogens (tertiary/aromatic N) is 4. The highest BCUT2D eigenvalue weighted by Crippen LogP contribution is 2.54. The van der Waals surface area contributed by atoms with E-state index in [1.54, 1.807) is 0 Å². The van der Waals surface area contributed by atoms with Crippen molar-refractivity contribution in [1.29, 1.82) is 0 Å². The van der Waals surface area contributed by atoms with Gasteiger partial charge in [0.2, 0.25) is 0 Å². The van der Waals surface area contributed by atoms with Gasteiger partial charge in [0, 0.05) is 55.9 Å². The lowest BCUT2D eigenvalue weighted by Crippen LogP contribution is -2.29. The maximum Gasteiger partial charge on any atom is 0.160 e. The number of allylic oxidation sites excluding steroid dienone is 2. The van der Waals surface area contributed by atoms with Crippen LogP contribution in [0.2, 0.25) is 0 Å². The second kappa shape index (κ2) is 14.5. The van der Waals surface area contributed by atoms with E-state index in [-0.39, 0.29) is 17.4 Å². The highest BCUT2D eigenvalue weighted by Gasteiger charge is 2.41. The number of aromatic nitrogens is 3. The van der Waals surface area contributed by atoms with Crippen molar-refractivity contribution in [1.82, 2.24) is 14.5 Å². The van der Waals surface area contributed by atoms with Crippen LogP contribution < -0.4 is 4.90 Å². The van der Waals surface area contributed by atoms with E-state index in [0.717, 1.165) is 33.9 Å². The molecule has 0 amide bonds. The van der Waals surface area contributed by atoms with Crippen molar-refractivity contribution in [3.8, 4) is 50.7 Å². The zero-order valence-corrected chi connectivity index (χ0v) is 36.2. The van der Waals surface area contributed by atoms with E-state index in [1.165, 1.54) is 77.8 Å². The maximum absolute atomic E-state index is 5.18. The monoisotopic (exact) mass is 832 g/mol. The molecule has 0 fully saturated rings. The Bertz CT molecular complexity index is 3520. The van der Waals surface area contributed by atoms with E-state index < -0.39 is 0 Å². The second-order valence-corrected chi connectivity index (χ2v) is 18.2. The lowest BCUT2D eigenvalue weighted by molar-refractivity contribution is 0.659. The van der Waals surface area contributed by atoms with Crippen LogP contribution in [0.15, 0.2) is 218 Å². The van der Waals surface area contributed by atoms with Crippen molar-refractivity contribution in [2.75, 3.05) is 4.90 Å². The third-order valence-corrected chi connectivity index (χ3v) is 14.1. The number of benzene rings is 8. The first-order chi connectivity index (χ1) is 32.0. The maximum atomic E-state index is 5.18. The molecule has 13 rings (SSSR count). The molecule has 1 aliphatic heterocycles. The molecule has 308 valence electrons. The zero-order valence-electron chi connectivity index (χ0n) is 36.2. The predicted octanol–water partition coefficient (Wildman–Crippen LogP) is 15.1. The van der Waals surface area contributed by atoms with Crippen LogP contribution in [0.4, 0.5) is 11.4 Å². The molecule has 0 saturated carbocycles. The van der Waals surface area contributed by atoms with Crippen LogP contribution >= 0.6 is 0 Å². The topological polar surface area (TPSA) is 34.0 Å². The Hall–Kier alpha value is -8.08. The first-order valence-electron chi connectivity index (χ1n) is 22.6. The molecule has 65 heavy (non-hydrogen) atoms. The third kappa shape index (κ3) is 5.91. The Labute approximate surface area is 379 Å². The number of para-hydroxylation sites is 3. The van der Waals surface area contributed by atoms with Crippen LogP contribution in [0, 0.1) is 0 Å². The van der Waals surface area contributed by atoms with Crippen molar-refractivity contribution in [2.45, 2.75) is 31.2 Å². The van der Waals surface area contributed by atoms with Crippen molar-refractivity contribution in [2.24, 2.45) is 0 Å². The summed E-state index contributed by atoms with van der Waals surface area (Å²) in [7, 11) is 0. The fourth-order valence-corrected chi connectivity index (χ4v) is 11.0. The molecule has 0 radical (unpaired) electrons. The van der Waals surface area contributed by atoms with E-state index in [2.05, 4.69) is 217 Å². The molecule has 2 atom stereocenters. The predicted molar refractivity (Wildman–Crippen MR) is 269 cm³/mol.